The molecule has 0 aliphatic carbocycles. The lowest BCUT2D eigenvalue weighted by molar-refractivity contribution is -0.126. The van der Waals surface area contributed by atoms with Crippen molar-refractivity contribution in [3.05, 3.63) is 35.9 Å². The van der Waals surface area contributed by atoms with Gasteiger partial charge in [-0.15, -0.1) is 0 Å². The van der Waals surface area contributed by atoms with E-state index in [2.05, 4.69) is 45.3 Å². The third kappa shape index (κ3) is 6.56. The summed E-state index contributed by atoms with van der Waals surface area (Å²) in [5.74, 6) is -0.834. The molecule has 144 valence electrons. The predicted octanol–water partition coefficient (Wildman–Crippen LogP) is 4.22. The number of benzene rings is 1. The molecule has 1 N–H and O–H groups in total. The standard InChI is InChI=1S/C20H32N2O3Si/c1-15(25-26(6,7)20(3,4)5)18(13-21)19(22-16(2)23)24-14-17-11-9-8-10-12-17/h8-12,15,18-19H,14H2,1-7H3,(H,22,23)/t15-,18-,19-/m1/s1. The fourth-order valence-electron chi connectivity index (χ4n) is 2.33. The Morgan fingerprint density at radius 3 is 2.31 bits per heavy atom. The highest BCUT2D eigenvalue weighted by Gasteiger charge is 2.41. The fraction of sp³-hybridized carbons (Fsp3) is 0.600. The van der Waals surface area contributed by atoms with Gasteiger partial charge in [0, 0.05) is 6.92 Å². The molecule has 0 bridgehead atoms. The predicted molar refractivity (Wildman–Crippen MR) is 106 cm³/mol. The van der Waals surface area contributed by atoms with Gasteiger partial charge in [0.1, 0.15) is 12.1 Å². The minimum Gasteiger partial charge on any atom is -0.413 e. The molecular weight excluding hydrogens is 344 g/mol. The first-order chi connectivity index (χ1) is 12.0. The maximum absolute atomic E-state index is 11.6. The minimum absolute atomic E-state index is 0.0374. The average molecular weight is 377 g/mol. The van der Waals surface area contributed by atoms with Crippen molar-refractivity contribution in [2.75, 3.05) is 0 Å². The Kier molecular flexibility index (Phi) is 8.01. The van der Waals surface area contributed by atoms with Crippen LogP contribution in [0.2, 0.25) is 18.1 Å². The molecular formula is C20H32N2O3Si. The van der Waals surface area contributed by atoms with E-state index in [1.165, 1.54) is 6.92 Å². The van der Waals surface area contributed by atoms with Gasteiger partial charge in [-0.2, -0.15) is 5.26 Å². The number of nitrogens with zero attached hydrogens (tertiary/aromatic N) is 1. The first-order valence-corrected chi connectivity index (χ1v) is 11.9. The summed E-state index contributed by atoms with van der Waals surface area (Å²) in [5.41, 5.74) is 0.984. The van der Waals surface area contributed by atoms with Crippen molar-refractivity contribution in [2.45, 2.75) is 71.7 Å². The van der Waals surface area contributed by atoms with E-state index in [1.807, 2.05) is 37.3 Å². The monoisotopic (exact) mass is 376 g/mol. The van der Waals surface area contributed by atoms with Gasteiger partial charge in [0.15, 0.2) is 8.32 Å². The summed E-state index contributed by atoms with van der Waals surface area (Å²) >= 11 is 0. The molecule has 1 rings (SSSR count). The molecule has 0 spiro atoms. The molecule has 6 heteroatoms. The highest BCUT2D eigenvalue weighted by atomic mass is 28.4. The van der Waals surface area contributed by atoms with Gasteiger partial charge < -0.3 is 14.5 Å². The zero-order valence-electron chi connectivity index (χ0n) is 17.0. The summed E-state index contributed by atoms with van der Waals surface area (Å²) in [6.45, 7) is 14.4. The molecule has 0 aromatic heterocycles. The van der Waals surface area contributed by atoms with Gasteiger partial charge >= 0.3 is 0 Å². The van der Waals surface area contributed by atoms with Crippen LogP contribution in [0.3, 0.4) is 0 Å². The van der Waals surface area contributed by atoms with Crippen molar-refractivity contribution in [1.29, 1.82) is 5.26 Å². The van der Waals surface area contributed by atoms with Crippen molar-refractivity contribution >= 4 is 14.2 Å². The second-order valence-corrected chi connectivity index (χ2v) is 12.9. The number of ether oxygens (including phenoxy) is 1. The van der Waals surface area contributed by atoms with Crippen molar-refractivity contribution in [3.8, 4) is 6.07 Å². The summed E-state index contributed by atoms with van der Waals surface area (Å²) in [4.78, 5) is 11.6. The van der Waals surface area contributed by atoms with Gasteiger partial charge in [-0.3, -0.25) is 4.79 Å². The SMILES string of the molecule is CC(=O)N[C@H](OCc1ccccc1)[C@H](C#N)[C@@H](C)O[Si](C)(C)C(C)(C)C. The van der Waals surface area contributed by atoms with Crippen LogP contribution in [0.25, 0.3) is 0 Å². The largest absolute Gasteiger partial charge is 0.413 e. The first kappa shape index (κ1) is 22.4. The molecule has 3 atom stereocenters. The van der Waals surface area contributed by atoms with Crippen LogP contribution < -0.4 is 5.32 Å². The molecule has 5 nitrogen and oxygen atoms in total. The van der Waals surface area contributed by atoms with Crippen molar-refractivity contribution < 1.29 is 14.0 Å². The smallest absolute Gasteiger partial charge is 0.218 e. The number of carbonyl (C=O) groups is 1. The Hall–Kier alpha value is -1.68. The van der Waals surface area contributed by atoms with E-state index in [4.69, 9.17) is 9.16 Å². The maximum Gasteiger partial charge on any atom is 0.218 e. The topological polar surface area (TPSA) is 71.3 Å². The van der Waals surface area contributed by atoms with E-state index in [9.17, 15) is 10.1 Å². The zero-order chi connectivity index (χ0) is 20.0. The van der Waals surface area contributed by atoms with Crippen molar-refractivity contribution in [3.63, 3.8) is 0 Å². The minimum atomic E-state index is -2.04. The number of hydrogen-bond acceptors (Lipinski definition) is 4. The normalized spacial score (nSPS) is 15.6. The average Bonchev–Trinajstić information content (AvgIpc) is 2.52. The van der Waals surface area contributed by atoms with Crippen LogP contribution in [-0.2, 0) is 20.6 Å². The third-order valence-electron chi connectivity index (χ3n) is 4.89. The Morgan fingerprint density at radius 2 is 1.85 bits per heavy atom. The first-order valence-electron chi connectivity index (χ1n) is 8.98. The van der Waals surface area contributed by atoms with Crippen molar-refractivity contribution in [2.24, 2.45) is 5.92 Å². The van der Waals surface area contributed by atoms with Gasteiger partial charge in [-0.05, 0) is 30.6 Å². The molecule has 0 radical (unpaired) electrons. The Balaban J connectivity index is 2.90. The second-order valence-electron chi connectivity index (χ2n) is 8.16. The van der Waals surface area contributed by atoms with Crippen LogP contribution in [0.4, 0.5) is 0 Å². The molecule has 1 amide bonds. The number of nitrogens with one attached hydrogen (secondary N) is 1. The Morgan fingerprint density at radius 1 is 1.27 bits per heavy atom. The molecule has 0 unspecified atom stereocenters. The molecule has 0 aliphatic heterocycles. The number of amides is 1. The van der Waals surface area contributed by atoms with E-state index in [0.717, 1.165) is 5.56 Å². The van der Waals surface area contributed by atoms with Crippen LogP contribution in [0, 0.1) is 17.2 Å². The number of carbonyl (C=O) groups excluding carboxylic acids is 1. The molecule has 0 aliphatic rings. The fourth-order valence-corrected chi connectivity index (χ4v) is 3.76. The third-order valence-corrected chi connectivity index (χ3v) is 9.46. The van der Waals surface area contributed by atoms with E-state index in [-0.39, 0.29) is 17.0 Å². The van der Waals surface area contributed by atoms with E-state index in [0.29, 0.717) is 6.61 Å². The van der Waals surface area contributed by atoms with E-state index < -0.39 is 20.5 Å². The van der Waals surface area contributed by atoms with Gasteiger partial charge in [-0.1, -0.05) is 51.1 Å². The summed E-state index contributed by atoms with van der Waals surface area (Å²) in [7, 11) is -2.04. The summed E-state index contributed by atoms with van der Waals surface area (Å²) in [5, 5.41) is 12.5. The molecule has 0 saturated heterocycles. The number of hydrogen-bond donors (Lipinski definition) is 1. The van der Waals surface area contributed by atoms with Gasteiger partial charge in [0.25, 0.3) is 0 Å². The summed E-state index contributed by atoms with van der Waals surface area (Å²) in [6, 6.07) is 12.0. The van der Waals surface area contributed by atoms with E-state index >= 15 is 0 Å². The summed E-state index contributed by atoms with van der Waals surface area (Å²) in [6.07, 6.45) is -1.08. The number of rotatable bonds is 8. The Labute approximate surface area is 158 Å². The number of nitriles is 1. The van der Waals surface area contributed by atoms with Crippen LogP contribution >= 0.6 is 0 Å². The molecule has 26 heavy (non-hydrogen) atoms. The zero-order valence-corrected chi connectivity index (χ0v) is 18.0. The van der Waals surface area contributed by atoms with Gasteiger partial charge in [-0.25, -0.2) is 0 Å². The van der Waals surface area contributed by atoms with Crippen molar-refractivity contribution in [1.82, 2.24) is 5.32 Å². The Bertz CT molecular complexity index is 620. The van der Waals surface area contributed by atoms with Gasteiger partial charge in [0.05, 0.1) is 18.8 Å². The molecule has 1 aromatic rings. The molecule has 1 aromatic carbocycles. The highest BCUT2D eigenvalue weighted by Crippen LogP contribution is 2.38. The quantitative estimate of drug-likeness (QED) is 0.545. The lowest BCUT2D eigenvalue weighted by atomic mass is 10.0. The highest BCUT2D eigenvalue weighted by molar-refractivity contribution is 6.74. The van der Waals surface area contributed by atoms with E-state index in [1.54, 1.807) is 0 Å². The summed E-state index contributed by atoms with van der Waals surface area (Å²) < 4.78 is 12.2. The maximum atomic E-state index is 11.6. The van der Waals surface area contributed by atoms with Crippen LogP contribution in [0.15, 0.2) is 30.3 Å². The molecule has 0 heterocycles. The molecule has 0 saturated carbocycles. The lowest BCUT2D eigenvalue weighted by Gasteiger charge is -2.40. The van der Waals surface area contributed by atoms with Crippen LogP contribution in [0.5, 0.6) is 0 Å². The lowest BCUT2D eigenvalue weighted by Crippen LogP contribution is -2.50. The van der Waals surface area contributed by atoms with Crippen LogP contribution in [-0.4, -0.2) is 26.6 Å². The molecule has 0 fully saturated rings. The van der Waals surface area contributed by atoms with Crippen LogP contribution in [0.1, 0.15) is 40.2 Å². The van der Waals surface area contributed by atoms with Gasteiger partial charge in [0.2, 0.25) is 5.91 Å². The second kappa shape index (κ2) is 9.31.